The normalized spacial score (nSPS) is 17.5. The molecule has 1 aromatic rings. The van der Waals surface area contributed by atoms with Gasteiger partial charge in [-0.2, -0.15) is 0 Å². The number of ether oxygens (including phenoxy) is 1. The summed E-state index contributed by atoms with van der Waals surface area (Å²) in [5.74, 6) is -4.35. The number of rotatable bonds is 21. The van der Waals surface area contributed by atoms with E-state index < -0.39 is 71.6 Å². The number of benzene rings is 1. The van der Waals surface area contributed by atoms with Crippen LogP contribution in [0.1, 0.15) is 91.2 Å². The Hall–Kier alpha value is -5.27. The molecule has 14 nitrogen and oxygen atoms in total. The van der Waals surface area contributed by atoms with Crippen molar-refractivity contribution in [2.24, 2.45) is 16.7 Å². The molecule has 5 atom stereocenters. The van der Waals surface area contributed by atoms with Crippen molar-refractivity contribution in [1.29, 1.82) is 0 Å². The standard InChI is InChI=1S/C43H62N6O8/c1-11-43(12-2,13-3)36(47-41(56)57-25-29(8)28(6)7)40(55)49-26-42(21-22-42)23-32(49)37(52)45-31(20-19-27(4)5)35(51)38(53)44-24-33(50)46-34(39(54)48(9)10)30-17-15-14-16-18-30/h11,14-18,29,31-32,34,36H,1,4,6,12-13,19-26H2,2-3,5,7-10H3,(H,44,53)(H,45,52)(H,46,50)(H,47,56)/t29?,31?,32-,34-,36+/m0/s1. The largest absolute Gasteiger partial charge is 0.449 e. The van der Waals surface area contributed by atoms with Gasteiger partial charge in [-0.15, -0.1) is 13.2 Å². The molecule has 1 heterocycles. The van der Waals surface area contributed by atoms with Gasteiger partial charge >= 0.3 is 6.09 Å². The van der Waals surface area contributed by atoms with Crippen LogP contribution in [0.5, 0.6) is 0 Å². The van der Waals surface area contributed by atoms with E-state index in [0.29, 0.717) is 36.8 Å². The molecule has 0 radical (unpaired) electrons. The zero-order valence-corrected chi connectivity index (χ0v) is 34.7. The molecular formula is C43H62N6O8. The van der Waals surface area contributed by atoms with Crippen LogP contribution in [-0.4, -0.2) is 103 Å². The van der Waals surface area contributed by atoms with Gasteiger partial charge in [0.2, 0.25) is 29.4 Å². The van der Waals surface area contributed by atoms with E-state index >= 15 is 0 Å². The molecule has 2 unspecified atom stereocenters. The maximum atomic E-state index is 14.6. The number of ketones is 1. The number of nitrogens with one attached hydrogen (secondary N) is 4. The van der Waals surface area contributed by atoms with E-state index in [1.54, 1.807) is 57.4 Å². The highest BCUT2D eigenvalue weighted by molar-refractivity contribution is 6.38. The molecule has 57 heavy (non-hydrogen) atoms. The van der Waals surface area contributed by atoms with E-state index in [9.17, 15) is 33.6 Å². The number of alkyl carbamates (subject to hydrolysis) is 1. The monoisotopic (exact) mass is 790 g/mol. The Morgan fingerprint density at radius 3 is 2.16 bits per heavy atom. The van der Waals surface area contributed by atoms with Crippen LogP contribution in [0.4, 0.5) is 4.79 Å². The van der Waals surface area contributed by atoms with Gasteiger partial charge in [-0.05, 0) is 69.8 Å². The number of likely N-dealkylation sites (N-methyl/N-ethyl adjacent to an activating group) is 1. The Kier molecular flexibility index (Phi) is 16.4. The Morgan fingerprint density at radius 2 is 1.63 bits per heavy atom. The Labute approximate surface area is 337 Å². The lowest BCUT2D eigenvalue weighted by Crippen LogP contribution is -2.60. The Balaban J connectivity index is 1.80. The minimum atomic E-state index is -1.30. The molecule has 1 saturated heterocycles. The quantitative estimate of drug-likeness (QED) is 0.106. The molecule has 312 valence electrons. The van der Waals surface area contributed by atoms with Crippen molar-refractivity contribution in [1.82, 2.24) is 31.1 Å². The summed E-state index contributed by atoms with van der Waals surface area (Å²) < 4.78 is 5.49. The van der Waals surface area contributed by atoms with Crippen molar-refractivity contribution in [3.8, 4) is 0 Å². The van der Waals surface area contributed by atoms with Crippen LogP contribution in [0, 0.1) is 16.7 Å². The van der Waals surface area contributed by atoms with Crippen molar-refractivity contribution in [3.05, 3.63) is 72.9 Å². The molecule has 1 aromatic carbocycles. The summed E-state index contributed by atoms with van der Waals surface area (Å²) in [5, 5.41) is 10.5. The maximum absolute atomic E-state index is 14.6. The predicted octanol–water partition coefficient (Wildman–Crippen LogP) is 4.14. The van der Waals surface area contributed by atoms with Gasteiger partial charge in [-0.3, -0.25) is 28.8 Å². The van der Waals surface area contributed by atoms with Crippen molar-refractivity contribution in [3.63, 3.8) is 0 Å². The minimum absolute atomic E-state index is 0.0443. The zero-order valence-electron chi connectivity index (χ0n) is 34.7. The summed E-state index contributed by atoms with van der Waals surface area (Å²) >= 11 is 0. The summed E-state index contributed by atoms with van der Waals surface area (Å²) in [6.07, 6.45) is 4.12. The van der Waals surface area contributed by atoms with Crippen LogP contribution in [0.2, 0.25) is 0 Å². The topological polar surface area (TPSA) is 183 Å². The first kappa shape index (κ1) is 46.1. The molecule has 1 aliphatic heterocycles. The molecule has 14 heteroatoms. The number of carbonyl (C=O) groups is 7. The molecule has 6 amide bonds. The molecule has 1 spiro atoms. The van der Waals surface area contributed by atoms with E-state index in [-0.39, 0.29) is 36.8 Å². The third-order valence-corrected chi connectivity index (χ3v) is 11.4. The van der Waals surface area contributed by atoms with Gasteiger partial charge in [0, 0.05) is 32.0 Å². The molecule has 0 aromatic heterocycles. The summed E-state index contributed by atoms with van der Waals surface area (Å²) in [6.45, 7) is 20.8. The van der Waals surface area contributed by atoms with E-state index in [0.717, 1.165) is 18.4 Å². The lowest BCUT2D eigenvalue weighted by molar-refractivity contribution is -0.144. The third kappa shape index (κ3) is 12.1. The number of nitrogens with zero attached hydrogens (tertiary/aromatic N) is 2. The fourth-order valence-electron chi connectivity index (χ4n) is 6.98. The van der Waals surface area contributed by atoms with Crippen LogP contribution in [0.15, 0.2) is 67.3 Å². The van der Waals surface area contributed by atoms with E-state index in [1.165, 1.54) is 9.80 Å². The van der Waals surface area contributed by atoms with Crippen LogP contribution < -0.4 is 21.3 Å². The summed E-state index contributed by atoms with van der Waals surface area (Å²) in [7, 11) is 3.11. The molecule has 3 rings (SSSR count). The molecule has 2 aliphatic rings. The number of amides is 6. The molecule has 2 fully saturated rings. The van der Waals surface area contributed by atoms with Crippen LogP contribution in [0.3, 0.4) is 0 Å². The molecule has 0 bridgehead atoms. The second kappa shape index (κ2) is 20.2. The zero-order chi connectivity index (χ0) is 42.7. The Morgan fingerprint density at radius 1 is 1.00 bits per heavy atom. The van der Waals surface area contributed by atoms with Crippen molar-refractivity contribution in [2.75, 3.05) is 33.8 Å². The SMILES string of the molecule is C=CC(CC)(CC)[C@H](NC(=O)OCC(C)C(=C)C)C(=O)N1CC2(CC2)C[C@H]1C(=O)NC(CCC(=C)C)C(=O)C(=O)NCC(=O)N[C@H](C(=O)N(C)C)c1ccccc1. The van der Waals surface area contributed by atoms with Crippen molar-refractivity contribution in [2.45, 2.75) is 104 Å². The highest BCUT2D eigenvalue weighted by Gasteiger charge is 2.57. The number of hydrogen-bond donors (Lipinski definition) is 4. The fraction of sp³-hybridized carbons (Fsp3) is 0.558. The number of allylic oxidation sites excluding steroid dienone is 1. The molecular weight excluding hydrogens is 729 g/mol. The predicted molar refractivity (Wildman–Crippen MR) is 217 cm³/mol. The first-order valence-corrected chi connectivity index (χ1v) is 19.7. The summed E-state index contributed by atoms with van der Waals surface area (Å²) in [4.78, 5) is 97.5. The number of carbonyl (C=O) groups excluding carboxylic acids is 7. The number of hydrogen-bond acceptors (Lipinski definition) is 8. The second-order valence-electron chi connectivity index (χ2n) is 16.0. The lowest BCUT2D eigenvalue weighted by Gasteiger charge is -2.39. The van der Waals surface area contributed by atoms with Crippen LogP contribution in [-0.2, 0) is 33.5 Å². The average Bonchev–Trinajstić information content (AvgIpc) is 3.84. The fourth-order valence-corrected chi connectivity index (χ4v) is 6.98. The summed E-state index contributed by atoms with van der Waals surface area (Å²) in [6, 6.07) is 4.20. The van der Waals surface area contributed by atoms with Gasteiger partial charge in [0.05, 0.1) is 19.2 Å². The van der Waals surface area contributed by atoms with Crippen molar-refractivity contribution >= 4 is 41.4 Å². The average molecular weight is 791 g/mol. The smallest absolute Gasteiger partial charge is 0.407 e. The first-order chi connectivity index (χ1) is 26.8. The summed E-state index contributed by atoms with van der Waals surface area (Å²) in [5.41, 5.74) is 0.959. The van der Waals surface area contributed by atoms with E-state index in [4.69, 9.17) is 4.74 Å². The van der Waals surface area contributed by atoms with Gasteiger partial charge in [0.1, 0.15) is 18.1 Å². The van der Waals surface area contributed by atoms with Gasteiger partial charge in [-0.1, -0.05) is 74.9 Å². The number of Topliss-reactive ketones (excluding diaryl/α,β-unsaturated/α-hetero) is 1. The highest BCUT2D eigenvalue weighted by Crippen LogP contribution is 2.55. The van der Waals surface area contributed by atoms with Gasteiger partial charge < -0.3 is 35.8 Å². The van der Waals surface area contributed by atoms with Crippen LogP contribution in [0.25, 0.3) is 0 Å². The van der Waals surface area contributed by atoms with Gasteiger partial charge in [-0.25, -0.2) is 4.79 Å². The molecule has 1 saturated carbocycles. The lowest BCUT2D eigenvalue weighted by atomic mass is 9.75. The Bertz CT molecular complexity index is 1700. The minimum Gasteiger partial charge on any atom is -0.449 e. The second-order valence-corrected chi connectivity index (χ2v) is 16.0. The highest BCUT2D eigenvalue weighted by atomic mass is 16.5. The van der Waals surface area contributed by atoms with Crippen molar-refractivity contribution < 1.29 is 38.3 Å². The van der Waals surface area contributed by atoms with Gasteiger partial charge in [0.15, 0.2) is 0 Å². The van der Waals surface area contributed by atoms with E-state index in [1.807, 2.05) is 27.7 Å². The van der Waals surface area contributed by atoms with Gasteiger partial charge in [0.25, 0.3) is 5.91 Å². The molecule has 1 aliphatic carbocycles. The third-order valence-electron chi connectivity index (χ3n) is 11.4. The van der Waals surface area contributed by atoms with E-state index in [2.05, 4.69) is 41.0 Å². The molecule has 4 N–H and O–H groups in total. The number of likely N-dealkylation sites (tertiary alicyclic amines) is 1. The first-order valence-electron chi connectivity index (χ1n) is 19.7. The van der Waals surface area contributed by atoms with Crippen LogP contribution >= 0.6 is 0 Å². The maximum Gasteiger partial charge on any atom is 0.407 e.